The molecule has 0 saturated heterocycles. The van der Waals surface area contributed by atoms with Crippen molar-refractivity contribution in [1.82, 2.24) is 19.6 Å². The number of nitrogens with zero attached hydrogens (tertiary/aromatic N) is 5. The van der Waals surface area contributed by atoms with Crippen LogP contribution in [-0.4, -0.2) is 26.6 Å². The number of anilines is 2. The lowest BCUT2D eigenvalue weighted by molar-refractivity contribution is 0.576. The average Bonchev–Trinajstić information content (AvgIpc) is 3.43. The first kappa shape index (κ1) is 17.5. The van der Waals surface area contributed by atoms with E-state index in [-0.39, 0.29) is 0 Å². The Morgan fingerprint density at radius 1 is 0.966 bits per heavy atom. The summed E-state index contributed by atoms with van der Waals surface area (Å²) in [6.45, 7) is 0. The van der Waals surface area contributed by atoms with Crippen molar-refractivity contribution in [3.8, 4) is 22.7 Å². The highest BCUT2D eigenvalue weighted by Crippen LogP contribution is 2.31. The maximum atomic E-state index is 6.20. The minimum atomic E-state index is 0.490. The number of benzene rings is 2. The Hall–Kier alpha value is -3.64. The summed E-state index contributed by atoms with van der Waals surface area (Å²) in [5.74, 6) is 1.71. The van der Waals surface area contributed by atoms with Crippen molar-refractivity contribution in [2.75, 3.05) is 11.9 Å². The molecule has 0 aliphatic rings. The quantitative estimate of drug-likeness (QED) is 0.399. The Labute approximate surface area is 172 Å². The molecule has 0 fully saturated rings. The fraction of sp³-hybridized carbons (Fsp3) is 0.0455. The fourth-order valence-corrected chi connectivity index (χ4v) is 3.41. The summed E-state index contributed by atoms with van der Waals surface area (Å²) in [5, 5.41) is 5.23. The van der Waals surface area contributed by atoms with E-state index in [1.54, 1.807) is 17.0 Å². The van der Waals surface area contributed by atoms with Gasteiger partial charge in [0.15, 0.2) is 11.4 Å². The highest BCUT2D eigenvalue weighted by atomic mass is 35.5. The third-order valence-electron chi connectivity index (χ3n) is 4.67. The second kappa shape index (κ2) is 7.07. The van der Waals surface area contributed by atoms with E-state index in [1.807, 2.05) is 78.7 Å². The molecular weight excluding hydrogens is 386 g/mol. The molecule has 0 aliphatic heterocycles. The topological polar surface area (TPSA) is 59.5 Å². The average molecular weight is 402 g/mol. The minimum Gasteiger partial charge on any atom is -0.461 e. The molecule has 5 rings (SSSR count). The Morgan fingerprint density at radius 3 is 2.59 bits per heavy atom. The van der Waals surface area contributed by atoms with Gasteiger partial charge in [-0.1, -0.05) is 41.9 Å². The van der Waals surface area contributed by atoms with Gasteiger partial charge in [-0.15, -0.1) is 0 Å². The summed E-state index contributed by atoms with van der Waals surface area (Å²) in [4.78, 5) is 11.5. The maximum Gasteiger partial charge on any atom is 0.235 e. The Balaban J connectivity index is 1.76. The summed E-state index contributed by atoms with van der Waals surface area (Å²) >= 11 is 6.20. The van der Waals surface area contributed by atoms with Crippen LogP contribution in [0.15, 0.2) is 83.6 Å². The van der Waals surface area contributed by atoms with E-state index in [0.29, 0.717) is 28.2 Å². The molecule has 0 spiro atoms. The summed E-state index contributed by atoms with van der Waals surface area (Å²) in [6, 6.07) is 21.3. The Bertz CT molecular complexity index is 1280. The largest absolute Gasteiger partial charge is 0.461 e. The van der Waals surface area contributed by atoms with Gasteiger partial charge < -0.3 is 9.32 Å². The first-order chi connectivity index (χ1) is 14.2. The molecule has 142 valence electrons. The van der Waals surface area contributed by atoms with Crippen LogP contribution >= 0.6 is 11.6 Å². The lowest BCUT2D eigenvalue weighted by Gasteiger charge is -2.19. The van der Waals surface area contributed by atoms with Gasteiger partial charge in [0, 0.05) is 23.3 Å². The highest BCUT2D eigenvalue weighted by molar-refractivity contribution is 6.30. The van der Waals surface area contributed by atoms with Gasteiger partial charge in [-0.3, -0.25) is 0 Å². The number of para-hydroxylation sites is 1. The summed E-state index contributed by atoms with van der Waals surface area (Å²) < 4.78 is 7.29. The first-order valence-electron chi connectivity index (χ1n) is 9.05. The van der Waals surface area contributed by atoms with Crippen molar-refractivity contribution in [3.05, 3.63) is 84.2 Å². The monoisotopic (exact) mass is 401 g/mol. The summed E-state index contributed by atoms with van der Waals surface area (Å²) in [7, 11) is 1.95. The third-order valence-corrected chi connectivity index (χ3v) is 4.91. The molecule has 3 aromatic heterocycles. The number of hydrogen-bond acceptors (Lipinski definition) is 5. The predicted molar refractivity (Wildman–Crippen MR) is 113 cm³/mol. The van der Waals surface area contributed by atoms with Gasteiger partial charge in [0.25, 0.3) is 0 Å². The molecule has 0 amide bonds. The van der Waals surface area contributed by atoms with Crippen molar-refractivity contribution in [2.24, 2.45) is 0 Å². The van der Waals surface area contributed by atoms with Gasteiger partial charge in [-0.05, 0) is 42.0 Å². The lowest BCUT2D eigenvalue weighted by Crippen LogP contribution is -2.17. The maximum absolute atomic E-state index is 6.20. The summed E-state index contributed by atoms with van der Waals surface area (Å²) in [5.41, 5.74) is 3.46. The van der Waals surface area contributed by atoms with E-state index in [9.17, 15) is 0 Å². The molecule has 29 heavy (non-hydrogen) atoms. The molecule has 0 unspecified atom stereocenters. The molecular formula is C22H16ClN5O. The second-order valence-electron chi connectivity index (χ2n) is 6.52. The third kappa shape index (κ3) is 3.13. The zero-order chi connectivity index (χ0) is 19.8. The van der Waals surface area contributed by atoms with E-state index >= 15 is 0 Å². The van der Waals surface area contributed by atoms with Gasteiger partial charge in [0.1, 0.15) is 0 Å². The second-order valence-corrected chi connectivity index (χ2v) is 6.96. The number of halogens is 1. The fourth-order valence-electron chi connectivity index (χ4n) is 3.22. The first-order valence-corrected chi connectivity index (χ1v) is 9.43. The van der Waals surface area contributed by atoms with E-state index < -0.39 is 0 Å². The van der Waals surface area contributed by atoms with Gasteiger partial charge in [0.2, 0.25) is 11.8 Å². The van der Waals surface area contributed by atoms with E-state index in [4.69, 9.17) is 26.0 Å². The van der Waals surface area contributed by atoms with Crippen LogP contribution in [0.1, 0.15) is 0 Å². The van der Waals surface area contributed by atoms with Crippen molar-refractivity contribution in [1.29, 1.82) is 0 Å². The molecule has 0 atom stereocenters. The van der Waals surface area contributed by atoms with Crippen molar-refractivity contribution in [2.45, 2.75) is 0 Å². The van der Waals surface area contributed by atoms with Crippen LogP contribution in [0.25, 0.3) is 28.4 Å². The standard InChI is InChI=1S/C22H16ClN5O/c1-27(17-9-3-2-4-10-17)22-26-20(19-11-6-12-29-19)25-21-18(14-24-28(21)22)15-7-5-8-16(23)13-15/h2-14H,1H3. The molecule has 0 N–H and O–H groups in total. The van der Waals surface area contributed by atoms with Gasteiger partial charge >= 0.3 is 0 Å². The SMILES string of the molecule is CN(c1ccccc1)c1nc(-c2ccco2)nc2c(-c3cccc(Cl)c3)cnn12. The molecule has 7 heteroatoms. The van der Waals surface area contributed by atoms with Gasteiger partial charge in [0.05, 0.1) is 12.5 Å². The Morgan fingerprint density at radius 2 is 1.83 bits per heavy atom. The van der Waals surface area contributed by atoms with Crippen LogP contribution < -0.4 is 4.90 Å². The minimum absolute atomic E-state index is 0.490. The Kier molecular flexibility index (Phi) is 4.26. The number of fused-ring (bicyclic) bond motifs is 1. The molecule has 0 aliphatic carbocycles. The molecule has 0 saturated carbocycles. The molecule has 2 aromatic carbocycles. The number of aromatic nitrogens is 4. The number of hydrogen-bond donors (Lipinski definition) is 0. The van der Waals surface area contributed by atoms with Crippen molar-refractivity contribution >= 4 is 28.9 Å². The highest BCUT2D eigenvalue weighted by Gasteiger charge is 2.19. The zero-order valence-corrected chi connectivity index (χ0v) is 16.3. The van der Waals surface area contributed by atoms with Crippen LogP contribution in [-0.2, 0) is 0 Å². The molecule has 0 radical (unpaired) electrons. The van der Waals surface area contributed by atoms with Crippen LogP contribution in [0.2, 0.25) is 5.02 Å². The zero-order valence-electron chi connectivity index (χ0n) is 15.5. The van der Waals surface area contributed by atoms with E-state index in [1.165, 1.54) is 0 Å². The normalized spacial score (nSPS) is 11.1. The number of rotatable bonds is 4. The summed E-state index contributed by atoms with van der Waals surface area (Å²) in [6.07, 6.45) is 3.39. The van der Waals surface area contributed by atoms with Crippen molar-refractivity contribution in [3.63, 3.8) is 0 Å². The molecule has 5 aromatic rings. The van der Waals surface area contributed by atoms with Crippen LogP contribution in [0.4, 0.5) is 11.6 Å². The predicted octanol–water partition coefficient (Wildman–Crippen LogP) is 5.47. The molecule has 6 nitrogen and oxygen atoms in total. The van der Waals surface area contributed by atoms with Crippen LogP contribution in [0, 0.1) is 0 Å². The number of furan rings is 1. The van der Waals surface area contributed by atoms with Gasteiger partial charge in [-0.25, -0.2) is 4.98 Å². The van der Waals surface area contributed by atoms with E-state index in [0.717, 1.165) is 16.8 Å². The molecule has 3 heterocycles. The van der Waals surface area contributed by atoms with Crippen LogP contribution in [0.5, 0.6) is 0 Å². The molecule has 0 bridgehead atoms. The van der Waals surface area contributed by atoms with Crippen molar-refractivity contribution < 1.29 is 4.42 Å². The van der Waals surface area contributed by atoms with E-state index in [2.05, 4.69) is 5.10 Å². The lowest BCUT2D eigenvalue weighted by atomic mass is 10.1. The van der Waals surface area contributed by atoms with Crippen LogP contribution in [0.3, 0.4) is 0 Å². The van der Waals surface area contributed by atoms with Gasteiger partial charge in [-0.2, -0.15) is 14.6 Å². The smallest absolute Gasteiger partial charge is 0.235 e.